The molecule has 2 aliphatic rings. The van der Waals surface area contributed by atoms with Crippen LogP contribution >= 0.6 is 12.4 Å². The van der Waals surface area contributed by atoms with Crippen molar-refractivity contribution in [3.63, 3.8) is 0 Å². The minimum Gasteiger partial charge on any atom is -0.338 e. The molecular formula is C20H32ClN3O3S. The Hall–Kier alpha value is -1.15. The Kier molecular flexibility index (Phi) is 7.90. The number of amides is 1. The zero-order valence-electron chi connectivity index (χ0n) is 16.7. The van der Waals surface area contributed by atoms with Gasteiger partial charge in [-0.3, -0.25) is 4.79 Å². The van der Waals surface area contributed by atoms with Crippen molar-refractivity contribution in [3.8, 4) is 0 Å². The molecule has 0 aliphatic carbocycles. The van der Waals surface area contributed by atoms with E-state index >= 15 is 0 Å². The summed E-state index contributed by atoms with van der Waals surface area (Å²) >= 11 is 0. The van der Waals surface area contributed by atoms with E-state index in [9.17, 15) is 13.2 Å². The molecule has 1 aromatic rings. The fourth-order valence-corrected chi connectivity index (χ4v) is 5.84. The van der Waals surface area contributed by atoms with Gasteiger partial charge in [-0.1, -0.05) is 6.42 Å². The third-order valence-electron chi connectivity index (χ3n) is 5.94. The van der Waals surface area contributed by atoms with E-state index in [4.69, 9.17) is 5.73 Å². The highest BCUT2D eigenvalue weighted by Crippen LogP contribution is 2.26. The van der Waals surface area contributed by atoms with Gasteiger partial charge in [-0.05, 0) is 69.7 Å². The Morgan fingerprint density at radius 2 is 1.79 bits per heavy atom. The van der Waals surface area contributed by atoms with Crippen molar-refractivity contribution < 1.29 is 13.2 Å². The first-order chi connectivity index (χ1) is 12.8. The summed E-state index contributed by atoms with van der Waals surface area (Å²) in [5.74, 6) is 0.276. The lowest BCUT2D eigenvalue weighted by Crippen LogP contribution is -2.45. The number of halogens is 1. The van der Waals surface area contributed by atoms with Crippen LogP contribution in [0.4, 0.5) is 0 Å². The molecule has 3 rings (SSSR count). The van der Waals surface area contributed by atoms with E-state index in [1.807, 2.05) is 18.7 Å². The van der Waals surface area contributed by atoms with Gasteiger partial charge in [0.05, 0.1) is 4.90 Å². The van der Waals surface area contributed by atoms with Crippen molar-refractivity contribution in [2.45, 2.75) is 62.9 Å². The van der Waals surface area contributed by atoms with E-state index in [-0.39, 0.29) is 35.3 Å². The minimum atomic E-state index is -3.51. The van der Waals surface area contributed by atoms with Crippen molar-refractivity contribution >= 4 is 28.3 Å². The summed E-state index contributed by atoms with van der Waals surface area (Å²) < 4.78 is 27.4. The number of hydrogen-bond donors (Lipinski definition) is 1. The van der Waals surface area contributed by atoms with Gasteiger partial charge in [-0.15, -0.1) is 12.4 Å². The molecule has 0 bridgehead atoms. The average Bonchev–Trinajstić information content (AvgIpc) is 2.68. The number of carbonyl (C=O) groups is 1. The monoisotopic (exact) mass is 429 g/mol. The van der Waals surface area contributed by atoms with E-state index < -0.39 is 10.0 Å². The van der Waals surface area contributed by atoms with E-state index in [2.05, 4.69) is 0 Å². The lowest BCUT2D eigenvalue weighted by molar-refractivity contribution is 0.0661. The highest BCUT2D eigenvalue weighted by Gasteiger charge is 2.31. The molecule has 0 radical (unpaired) electrons. The summed E-state index contributed by atoms with van der Waals surface area (Å²) in [6, 6.07) is 6.50. The molecule has 8 heteroatoms. The average molecular weight is 430 g/mol. The lowest BCUT2D eigenvalue weighted by atomic mass is 9.92. The Balaban J connectivity index is 0.00000280. The van der Waals surface area contributed by atoms with E-state index in [0.29, 0.717) is 24.6 Å². The maximum Gasteiger partial charge on any atom is 0.253 e. The second-order valence-electron chi connectivity index (χ2n) is 8.00. The minimum absolute atomic E-state index is 0. The number of benzene rings is 1. The smallest absolute Gasteiger partial charge is 0.253 e. The highest BCUT2D eigenvalue weighted by atomic mass is 35.5. The van der Waals surface area contributed by atoms with Crippen LogP contribution < -0.4 is 5.73 Å². The van der Waals surface area contributed by atoms with Gasteiger partial charge in [0.1, 0.15) is 0 Å². The second-order valence-corrected chi connectivity index (χ2v) is 9.89. The molecular weight excluding hydrogens is 398 g/mol. The lowest BCUT2D eigenvalue weighted by Gasteiger charge is -2.34. The van der Waals surface area contributed by atoms with Gasteiger partial charge >= 0.3 is 0 Å². The zero-order valence-corrected chi connectivity index (χ0v) is 18.3. The first-order valence-electron chi connectivity index (χ1n) is 9.97. The SMILES string of the molecule is CC(N)C1CCCN(C(=O)c2ccc(S(=O)(=O)N3CCCCC3C)cc2)C1.Cl. The third kappa shape index (κ3) is 4.87. The van der Waals surface area contributed by atoms with E-state index in [0.717, 1.165) is 38.6 Å². The number of carbonyl (C=O) groups excluding carboxylic acids is 1. The molecule has 28 heavy (non-hydrogen) atoms. The summed E-state index contributed by atoms with van der Waals surface area (Å²) in [6.45, 7) is 5.91. The molecule has 0 aromatic heterocycles. The predicted molar refractivity (Wildman–Crippen MR) is 113 cm³/mol. The number of sulfonamides is 1. The van der Waals surface area contributed by atoms with Gasteiger partial charge in [-0.2, -0.15) is 4.31 Å². The Labute approximate surface area is 174 Å². The van der Waals surface area contributed by atoms with Gasteiger partial charge in [0.2, 0.25) is 10.0 Å². The number of nitrogens with zero attached hydrogens (tertiary/aromatic N) is 2. The van der Waals surface area contributed by atoms with Crippen molar-refractivity contribution in [1.82, 2.24) is 9.21 Å². The molecule has 2 fully saturated rings. The second kappa shape index (κ2) is 9.57. The van der Waals surface area contributed by atoms with Crippen LogP contribution in [-0.2, 0) is 10.0 Å². The molecule has 2 aliphatic heterocycles. The number of likely N-dealkylation sites (tertiary alicyclic amines) is 1. The molecule has 0 saturated carbocycles. The van der Waals surface area contributed by atoms with Gasteiger partial charge in [0.25, 0.3) is 5.91 Å². The van der Waals surface area contributed by atoms with Crippen LogP contribution in [0.1, 0.15) is 56.3 Å². The molecule has 1 aromatic carbocycles. The van der Waals surface area contributed by atoms with Crippen LogP contribution in [0.5, 0.6) is 0 Å². The number of piperidine rings is 2. The van der Waals surface area contributed by atoms with Crippen LogP contribution in [0, 0.1) is 5.92 Å². The van der Waals surface area contributed by atoms with Gasteiger partial charge in [0, 0.05) is 37.3 Å². The molecule has 158 valence electrons. The summed E-state index contributed by atoms with van der Waals surface area (Å²) in [4.78, 5) is 14.9. The van der Waals surface area contributed by atoms with Gasteiger partial charge in [0.15, 0.2) is 0 Å². The molecule has 2 saturated heterocycles. The largest absolute Gasteiger partial charge is 0.338 e. The molecule has 1 amide bonds. The molecule has 0 spiro atoms. The van der Waals surface area contributed by atoms with Gasteiger partial charge < -0.3 is 10.6 Å². The van der Waals surface area contributed by atoms with Crippen molar-refractivity contribution in [2.75, 3.05) is 19.6 Å². The number of nitrogens with two attached hydrogens (primary N) is 1. The fourth-order valence-electron chi connectivity index (χ4n) is 4.14. The summed E-state index contributed by atoms with van der Waals surface area (Å²) in [5, 5.41) is 0. The summed E-state index contributed by atoms with van der Waals surface area (Å²) in [7, 11) is -3.51. The Morgan fingerprint density at radius 3 is 2.39 bits per heavy atom. The highest BCUT2D eigenvalue weighted by molar-refractivity contribution is 7.89. The maximum absolute atomic E-state index is 12.9. The standard InChI is InChI=1S/C20H31N3O3S.ClH/c1-15-6-3-4-13-23(15)27(25,26)19-10-8-17(9-11-19)20(24)22-12-5-7-18(14-22)16(2)21;/h8-11,15-16,18H,3-7,12-14,21H2,1-2H3;1H. The van der Waals surface area contributed by atoms with Crippen LogP contribution in [0.25, 0.3) is 0 Å². The van der Waals surface area contributed by atoms with Gasteiger partial charge in [-0.25, -0.2) is 8.42 Å². The zero-order chi connectivity index (χ0) is 19.6. The van der Waals surface area contributed by atoms with E-state index in [1.165, 1.54) is 0 Å². The van der Waals surface area contributed by atoms with Crippen LogP contribution in [0.15, 0.2) is 29.2 Å². The van der Waals surface area contributed by atoms with Crippen molar-refractivity contribution in [2.24, 2.45) is 11.7 Å². The third-order valence-corrected chi connectivity index (χ3v) is 7.97. The molecule has 3 unspecified atom stereocenters. The first-order valence-corrected chi connectivity index (χ1v) is 11.4. The normalized spacial score (nSPS) is 25.0. The quantitative estimate of drug-likeness (QED) is 0.797. The van der Waals surface area contributed by atoms with Crippen LogP contribution in [-0.4, -0.2) is 55.2 Å². The molecule has 3 atom stereocenters. The number of hydrogen-bond acceptors (Lipinski definition) is 4. The molecule has 6 nitrogen and oxygen atoms in total. The fraction of sp³-hybridized carbons (Fsp3) is 0.650. The molecule has 2 heterocycles. The topological polar surface area (TPSA) is 83.7 Å². The summed E-state index contributed by atoms with van der Waals surface area (Å²) in [5.41, 5.74) is 6.54. The van der Waals surface area contributed by atoms with E-state index in [1.54, 1.807) is 28.6 Å². The Morgan fingerprint density at radius 1 is 1.11 bits per heavy atom. The Bertz CT molecular complexity index is 767. The van der Waals surface area contributed by atoms with Crippen molar-refractivity contribution in [1.29, 1.82) is 0 Å². The van der Waals surface area contributed by atoms with Crippen molar-refractivity contribution in [3.05, 3.63) is 29.8 Å². The molecule has 2 N–H and O–H groups in total. The first kappa shape index (κ1) is 23.1. The summed E-state index contributed by atoms with van der Waals surface area (Å²) in [6.07, 6.45) is 4.87. The maximum atomic E-state index is 12.9. The van der Waals surface area contributed by atoms with Crippen LogP contribution in [0.3, 0.4) is 0 Å². The number of rotatable bonds is 4. The van der Waals surface area contributed by atoms with Crippen LogP contribution in [0.2, 0.25) is 0 Å². The predicted octanol–water partition coefficient (Wildman–Crippen LogP) is 2.87.